The zero-order valence-corrected chi connectivity index (χ0v) is 31.3. The Balaban J connectivity index is 1.01. The molecule has 0 saturated heterocycles. The number of para-hydroxylation sites is 4. The van der Waals surface area contributed by atoms with Crippen molar-refractivity contribution in [1.29, 1.82) is 0 Å². The van der Waals surface area contributed by atoms with E-state index in [0.29, 0.717) is 45.5 Å². The molecule has 0 aliphatic heterocycles. The lowest BCUT2D eigenvalue weighted by molar-refractivity contribution is 0.483. The van der Waals surface area contributed by atoms with E-state index in [9.17, 15) is 0 Å². The second-order valence-corrected chi connectivity index (χ2v) is 13.5. The lowest BCUT2D eigenvalue weighted by Crippen LogP contribution is -2.01. The van der Waals surface area contributed by atoms with Gasteiger partial charge in [0.25, 0.3) is 0 Å². The highest BCUT2D eigenvalue weighted by molar-refractivity contribution is 6.09. The Morgan fingerprint density at radius 3 is 1.76 bits per heavy atom. The summed E-state index contributed by atoms with van der Waals surface area (Å²) in [6, 6.07) is 27.0. The zero-order valence-electron chi connectivity index (χ0n) is 46.3. The van der Waals surface area contributed by atoms with Crippen molar-refractivity contribution in [3.8, 4) is 50.7 Å². The Bertz CT molecular complexity index is 3820. The number of hydrogen-bond donors (Lipinski definition) is 2. The average molecular weight is 776 g/mol. The molecule has 0 spiro atoms. The number of aryl methyl sites for hydroxylation is 1. The van der Waals surface area contributed by atoms with Gasteiger partial charge in [0.05, 0.1) is 48.7 Å². The fraction of sp³-hybridized carbons (Fsp3) is 0.0185. The average Bonchev–Trinajstić information content (AvgIpc) is 3.73. The lowest BCUT2D eigenvalue weighted by atomic mass is 9.95. The van der Waals surface area contributed by atoms with Gasteiger partial charge in [-0.05, 0) is 77.7 Å². The molecule has 10 aromatic rings. The number of nitrogens with one attached hydrogen (secondary N) is 2. The Morgan fingerprint density at radius 2 is 1.08 bits per heavy atom. The van der Waals surface area contributed by atoms with Crippen molar-refractivity contribution in [3.63, 3.8) is 0 Å². The van der Waals surface area contributed by atoms with Crippen LogP contribution in [-0.4, -0.2) is 9.55 Å². The number of hydrogen-bond acceptors (Lipinski definition) is 4. The number of ether oxygens (including phenoxy) is 1. The molecule has 0 aliphatic rings. The van der Waals surface area contributed by atoms with E-state index in [1.807, 2.05) is 66.1 Å². The summed E-state index contributed by atoms with van der Waals surface area (Å²) in [5.41, 5.74) is 4.37. The van der Waals surface area contributed by atoms with Crippen molar-refractivity contribution >= 4 is 44.6 Å². The van der Waals surface area contributed by atoms with Gasteiger partial charge in [0.15, 0.2) is 0 Å². The maximum absolute atomic E-state index is 8.87. The summed E-state index contributed by atoms with van der Waals surface area (Å²) < 4.78 is 136. The van der Waals surface area contributed by atoms with Gasteiger partial charge < -0.3 is 15.4 Å². The summed E-state index contributed by atoms with van der Waals surface area (Å²) in [5, 5.41) is 8.66. The third kappa shape index (κ3) is 7.07. The highest BCUT2D eigenvalue weighted by Gasteiger charge is 2.17. The van der Waals surface area contributed by atoms with Gasteiger partial charge in [-0.1, -0.05) is 145 Å². The van der Waals surface area contributed by atoms with Crippen LogP contribution in [0.3, 0.4) is 0 Å². The van der Waals surface area contributed by atoms with Crippen LogP contribution in [0.5, 0.6) is 11.5 Å². The topological polar surface area (TPSA) is 51.1 Å². The molecule has 0 aliphatic carbocycles. The highest BCUT2D eigenvalue weighted by Crippen LogP contribution is 2.41. The fourth-order valence-electron chi connectivity index (χ4n) is 7.21. The van der Waals surface area contributed by atoms with E-state index in [1.54, 1.807) is 54.6 Å². The predicted octanol–water partition coefficient (Wildman–Crippen LogP) is 14.8. The standard InChI is InChI=1S/C54H40N4O/c1-37-33-53(55-36-48(37)40-21-9-4-10-22-40)58-51-30-14-11-25-46(51)47-32-31-43(35-52(47)58)59-42-24-15-23-41(34-42)56-49-28-12-13-29-50(49)57-54-44(38-17-5-2-6-18-38)26-16-27-45(54)39-19-7-3-8-20-39/h2-36,56-57H,1H3/i2D,3D,4D,5D,6D,7D,8D,9D,10D,17D,18D,19D,20D,21D,22D. The normalized spacial score (nSPS) is 14.7. The summed E-state index contributed by atoms with van der Waals surface area (Å²) in [6.07, 6.45) is 1.53. The van der Waals surface area contributed by atoms with E-state index in [0.717, 1.165) is 21.8 Å². The molecule has 0 amide bonds. The van der Waals surface area contributed by atoms with Gasteiger partial charge in [-0.15, -0.1) is 0 Å². The third-order valence-corrected chi connectivity index (χ3v) is 9.88. The largest absolute Gasteiger partial charge is 0.457 e. The molecule has 0 bridgehead atoms. The number of benzene rings is 8. The van der Waals surface area contributed by atoms with Crippen molar-refractivity contribution in [3.05, 3.63) is 218 Å². The molecule has 5 nitrogen and oxygen atoms in total. The summed E-state index contributed by atoms with van der Waals surface area (Å²) in [5.74, 6) is 1.50. The molecular formula is C54H40N4O. The van der Waals surface area contributed by atoms with Crippen molar-refractivity contribution in [2.45, 2.75) is 6.92 Å². The molecule has 5 heteroatoms. The maximum atomic E-state index is 8.87. The van der Waals surface area contributed by atoms with Crippen LogP contribution in [0.15, 0.2) is 212 Å². The van der Waals surface area contributed by atoms with Crippen molar-refractivity contribution in [2.75, 3.05) is 10.6 Å². The molecule has 0 saturated carbocycles. The van der Waals surface area contributed by atoms with Crippen LogP contribution in [0.25, 0.3) is 61.0 Å². The number of nitrogens with zero attached hydrogens (tertiary/aromatic N) is 2. The summed E-state index contributed by atoms with van der Waals surface area (Å²) in [4.78, 5) is 4.79. The van der Waals surface area contributed by atoms with Gasteiger partial charge in [0, 0.05) is 51.5 Å². The van der Waals surface area contributed by atoms with Crippen LogP contribution in [0.2, 0.25) is 0 Å². The van der Waals surface area contributed by atoms with Crippen LogP contribution >= 0.6 is 0 Å². The predicted molar refractivity (Wildman–Crippen MR) is 246 cm³/mol. The number of pyridine rings is 1. The number of anilines is 4. The molecule has 59 heavy (non-hydrogen) atoms. The first-order valence-electron chi connectivity index (χ1n) is 26.1. The maximum Gasteiger partial charge on any atom is 0.137 e. The number of fused-ring (bicyclic) bond motifs is 3. The Hall–Kier alpha value is -7.89. The third-order valence-electron chi connectivity index (χ3n) is 9.88. The molecule has 0 fully saturated rings. The van der Waals surface area contributed by atoms with Crippen LogP contribution in [0.4, 0.5) is 22.7 Å². The monoisotopic (exact) mass is 775 g/mol. The minimum absolute atomic E-state index is 0.0700. The van der Waals surface area contributed by atoms with Gasteiger partial charge in [0.1, 0.15) is 17.3 Å². The SMILES string of the molecule is [2H]c1c([2H])c([2H])c(-c2cnc(-n3c4ccccc4c4ccc(Oc5cccc(Nc6ccccc6Nc6c(-c7c([2H])c([2H])c([2H])c([2H])c7[2H])cccc6-c6c([2H])c([2H])c([2H])c([2H])c6[2H])c5)cc43)cc2C)c([2H])c1[2H]. The van der Waals surface area contributed by atoms with E-state index < -0.39 is 78.6 Å². The first-order chi connectivity index (χ1) is 35.4. The van der Waals surface area contributed by atoms with Gasteiger partial charge in [-0.25, -0.2) is 4.98 Å². The highest BCUT2D eigenvalue weighted by atomic mass is 16.5. The molecule has 2 heterocycles. The summed E-state index contributed by atoms with van der Waals surface area (Å²) >= 11 is 0. The van der Waals surface area contributed by atoms with Gasteiger partial charge >= 0.3 is 0 Å². The lowest BCUT2D eigenvalue weighted by Gasteiger charge is -2.20. The van der Waals surface area contributed by atoms with E-state index in [2.05, 4.69) is 10.6 Å². The Labute approximate surface area is 364 Å². The molecule has 8 aromatic carbocycles. The quantitative estimate of drug-likeness (QED) is 0.145. The molecule has 282 valence electrons. The fourth-order valence-corrected chi connectivity index (χ4v) is 7.21. The minimum atomic E-state index is -0.585. The minimum Gasteiger partial charge on any atom is -0.457 e. The molecule has 0 unspecified atom stereocenters. The molecule has 0 radical (unpaired) electrons. The summed E-state index contributed by atoms with van der Waals surface area (Å²) in [6.45, 7) is 1.81. The van der Waals surface area contributed by atoms with Gasteiger partial charge in [-0.3, -0.25) is 4.57 Å². The van der Waals surface area contributed by atoms with E-state index in [-0.39, 0.29) is 45.6 Å². The Kier molecular flexibility index (Phi) is 6.00. The molecule has 2 aromatic heterocycles. The van der Waals surface area contributed by atoms with Crippen LogP contribution in [0.1, 0.15) is 26.1 Å². The number of rotatable bonds is 10. The van der Waals surface area contributed by atoms with Crippen molar-refractivity contribution in [2.24, 2.45) is 0 Å². The summed E-state index contributed by atoms with van der Waals surface area (Å²) in [7, 11) is 0. The number of aromatic nitrogens is 2. The van der Waals surface area contributed by atoms with E-state index in [1.165, 1.54) is 12.3 Å². The van der Waals surface area contributed by atoms with Gasteiger partial charge in [0.2, 0.25) is 0 Å². The smallest absolute Gasteiger partial charge is 0.137 e. The Morgan fingerprint density at radius 1 is 0.508 bits per heavy atom. The molecule has 10 rings (SSSR count). The van der Waals surface area contributed by atoms with Crippen LogP contribution in [0, 0.1) is 6.92 Å². The molecule has 0 atom stereocenters. The molecule has 2 N–H and O–H groups in total. The van der Waals surface area contributed by atoms with Crippen LogP contribution in [-0.2, 0) is 0 Å². The first kappa shape index (κ1) is 22.7. The first-order valence-corrected chi connectivity index (χ1v) is 18.6. The second kappa shape index (κ2) is 15.6. The second-order valence-electron chi connectivity index (χ2n) is 13.5. The van der Waals surface area contributed by atoms with E-state index >= 15 is 0 Å². The molecular weight excluding hydrogens is 721 g/mol. The zero-order chi connectivity index (χ0) is 52.6. The van der Waals surface area contributed by atoms with Crippen molar-refractivity contribution < 1.29 is 25.3 Å². The van der Waals surface area contributed by atoms with E-state index in [4.69, 9.17) is 30.3 Å². The van der Waals surface area contributed by atoms with Crippen molar-refractivity contribution in [1.82, 2.24) is 9.55 Å². The van der Waals surface area contributed by atoms with Crippen LogP contribution < -0.4 is 15.4 Å². The van der Waals surface area contributed by atoms with Gasteiger partial charge in [-0.2, -0.15) is 0 Å².